The van der Waals surface area contributed by atoms with E-state index < -0.39 is 85.3 Å². The lowest BCUT2D eigenvalue weighted by Crippen LogP contribution is -2.64. The second kappa shape index (κ2) is 12.9. The lowest BCUT2D eigenvalue weighted by Gasteiger charge is -2.45. The van der Waals surface area contributed by atoms with E-state index in [1.807, 2.05) is 0 Å². The molecule has 0 spiro atoms. The molecule has 2 heterocycles. The second-order valence-electron chi connectivity index (χ2n) is 10.0. The number of Topliss-reactive ketones (excluding diaryl/α,β-unsaturated/α-hetero) is 1. The van der Waals surface area contributed by atoms with E-state index in [2.05, 4.69) is 0 Å². The number of ether oxygens (including phenoxy) is 4. The largest absolute Gasteiger partial charge is 0.508 e. The molecule has 0 aromatic heterocycles. The summed E-state index contributed by atoms with van der Waals surface area (Å²) in [6, 6.07) is 8.22. The Balaban J connectivity index is 1.52. The molecule has 0 aliphatic carbocycles. The first-order chi connectivity index (χ1) is 19.4. The third-order valence-corrected chi connectivity index (χ3v) is 7.10. The maximum absolute atomic E-state index is 12.7. The zero-order valence-corrected chi connectivity index (χ0v) is 21.9. The molecule has 1 unspecified atom stereocenters. The first-order valence-electron chi connectivity index (χ1n) is 12.9. The number of ketones is 1. The molecule has 2 fully saturated rings. The Morgan fingerprint density at radius 2 is 1.46 bits per heavy atom. The van der Waals surface area contributed by atoms with Crippen LogP contribution in [0.5, 0.6) is 23.0 Å². The zero-order valence-electron chi connectivity index (χ0n) is 21.9. The van der Waals surface area contributed by atoms with Gasteiger partial charge in [-0.25, -0.2) is 0 Å². The van der Waals surface area contributed by atoms with Gasteiger partial charge in [-0.1, -0.05) is 12.1 Å². The van der Waals surface area contributed by atoms with Crippen molar-refractivity contribution in [3.63, 3.8) is 0 Å². The summed E-state index contributed by atoms with van der Waals surface area (Å²) in [7, 11) is 0. The normalized spacial score (nSPS) is 33.8. The quantitative estimate of drug-likeness (QED) is 0.156. The van der Waals surface area contributed by atoms with Crippen molar-refractivity contribution in [3.05, 3.63) is 47.5 Å². The Labute approximate surface area is 234 Å². The summed E-state index contributed by atoms with van der Waals surface area (Å²) < 4.78 is 22.2. The summed E-state index contributed by atoms with van der Waals surface area (Å²) >= 11 is 0. The molecular formula is C27H34O14. The summed E-state index contributed by atoms with van der Waals surface area (Å²) in [5, 5.41) is 91.5. The zero-order chi connectivity index (χ0) is 30.0. The smallest absolute Gasteiger partial charge is 0.229 e. The number of hydrogen-bond acceptors (Lipinski definition) is 14. The van der Waals surface area contributed by atoms with E-state index >= 15 is 0 Å². The van der Waals surface area contributed by atoms with Crippen LogP contribution in [-0.4, -0.2) is 120 Å². The average molecular weight is 583 g/mol. The number of carbonyl (C=O) groups is 1. The Bertz CT molecular complexity index is 1170. The molecule has 2 aromatic rings. The second-order valence-corrected chi connectivity index (χ2v) is 10.0. The molecule has 0 radical (unpaired) electrons. The van der Waals surface area contributed by atoms with Crippen molar-refractivity contribution in [1.29, 1.82) is 0 Å². The summed E-state index contributed by atoms with van der Waals surface area (Å²) in [6.45, 7) is 0.675. The maximum atomic E-state index is 12.7. The molecule has 0 saturated carbocycles. The molecule has 4 rings (SSSR count). The van der Waals surface area contributed by atoms with E-state index in [1.54, 1.807) is 12.1 Å². The van der Waals surface area contributed by atoms with E-state index in [0.717, 1.165) is 17.7 Å². The lowest BCUT2D eigenvalue weighted by molar-refractivity contribution is -0.354. The molecule has 2 aliphatic rings. The van der Waals surface area contributed by atoms with Gasteiger partial charge in [0.25, 0.3) is 0 Å². The number of hydrogen-bond donors (Lipinski definition) is 9. The number of aliphatic hydroxyl groups excluding tert-OH is 6. The molecule has 0 amide bonds. The molecule has 14 nitrogen and oxygen atoms in total. The van der Waals surface area contributed by atoms with Crippen LogP contribution in [0.4, 0.5) is 0 Å². The van der Waals surface area contributed by atoms with Gasteiger partial charge in [0, 0.05) is 18.6 Å². The minimum Gasteiger partial charge on any atom is -0.508 e. The van der Waals surface area contributed by atoms with Crippen molar-refractivity contribution in [3.8, 4) is 23.0 Å². The number of carbonyl (C=O) groups excluding carboxylic acids is 1. The minimum absolute atomic E-state index is 0.0706. The minimum atomic E-state index is -1.77. The van der Waals surface area contributed by atoms with E-state index in [0.29, 0.717) is 0 Å². The number of rotatable bonds is 9. The fraction of sp³-hybridized carbons (Fsp3) is 0.519. The first kappa shape index (κ1) is 30.9. The third kappa shape index (κ3) is 6.72. The van der Waals surface area contributed by atoms with E-state index in [1.165, 1.54) is 19.1 Å². The van der Waals surface area contributed by atoms with Gasteiger partial charge in [0.1, 0.15) is 65.2 Å². The van der Waals surface area contributed by atoms with E-state index in [-0.39, 0.29) is 29.9 Å². The Hall–Kier alpha value is -3.05. The highest BCUT2D eigenvalue weighted by atomic mass is 16.8. The lowest BCUT2D eigenvalue weighted by atomic mass is 9.97. The molecule has 9 N–H and O–H groups in total. The number of aromatic hydroxyl groups is 3. The number of aryl methyl sites for hydroxylation is 1. The summed E-state index contributed by atoms with van der Waals surface area (Å²) in [6.07, 6.45) is -15.3. The number of phenols is 3. The number of benzene rings is 2. The van der Waals surface area contributed by atoms with Crippen LogP contribution in [0.15, 0.2) is 36.4 Å². The topological polar surface area (TPSA) is 236 Å². The van der Waals surface area contributed by atoms with Crippen LogP contribution in [0.2, 0.25) is 0 Å². The molecule has 0 bridgehead atoms. The van der Waals surface area contributed by atoms with Gasteiger partial charge in [-0.05, 0) is 31.0 Å². The van der Waals surface area contributed by atoms with Crippen molar-refractivity contribution in [2.75, 3.05) is 6.61 Å². The van der Waals surface area contributed by atoms with E-state index in [9.17, 15) is 50.8 Å². The van der Waals surface area contributed by atoms with Gasteiger partial charge in [-0.3, -0.25) is 4.79 Å². The van der Waals surface area contributed by atoms with Crippen LogP contribution in [0, 0.1) is 0 Å². The summed E-state index contributed by atoms with van der Waals surface area (Å²) in [4.78, 5) is 12.7. The van der Waals surface area contributed by atoms with Gasteiger partial charge in [-0.15, -0.1) is 0 Å². The van der Waals surface area contributed by atoms with Crippen LogP contribution >= 0.6 is 0 Å². The molecule has 2 aliphatic heterocycles. The summed E-state index contributed by atoms with van der Waals surface area (Å²) in [5.41, 5.74) is 0.385. The van der Waals surface area contributed by atoms with Crippen LogP contribution in [0.25, 0.3) is 0 Å². The molecule has 41 heavy (non-hydrogen) atoms. The Morgan fingerprint density at radius 3 is 2.07 bits per heavy atom. The monoisotopic (exact) mass is 582 g/mol. The van der Waals surface area contributed by atoms with Gasteiger partial charge in [-0.2, -0.15) is 0 Å². The van der Waals surface area contributed by atoms with Crippen LogP contribution < -0.4 is 4.74 Å². The van der Waals surface area contributed by atoms with Crippen molar-refractivity contribution < 1.29 is 69.7 Å². The molecular weight excluding hydrogens is 548 g/mol. The summed E-state index contributed by atoms with van der Waals surface area (Å²) in [5.74, 6) is -2.00. The van der Waals surface area contributed by atoms with Gasteiger partial charge in [0.15, 0.2) is 18.2 Å². The van der Waals surface area contributed by atoms with E-state index in [4.69, 9.17) is 18.9 Å². The Morgan fingerprint density at radius 1 is 0.829 bits per heavy atom. The van der Waals surface area contributed by atoms with Crippen molar-refractivity contribution in [2.45, 2.75) is 81.2 Å². The Kier molecular flexibility index (Phi) is 9.69. The van der Waals surface area contributed by atoms with Crippen LogP contribution in [0.1, 0.15) is 29.3 Å². The molecule has 2 aromatic carbocycles. The number of aliphatic hydroxyl groups is 6. The molecule has 14 heteroatoms. The number of phenolic OH excluding ortho intramolecular Hbond substituents is 3. The SMILES string of the molecule is C[C@@H]1O[C@@H](O[C@@H]2C(Oc3cc(O)c(C(=O)CCc4ccc(O)cc4)c(O)c3)O[C@@H](CO)[C@H](O)[C@H]2O)[C@H](O)[C@H](O)[C@@H]1O. The van der Waals surface area contributed by atoms with Crippen LogP contribution in [0.3, 0.4) is 0 Å². The van der Waals surface area contributed by atoms with Gasteiger partial charge < -0.3 is 64.9 Å². The fourth-order valence-electron chi connectivity index (χ4n) is 4.70. The van der Waals surface area contributed by atoms with Gasteiger partial charge in [0.2, 0.25) is 6.29 Å². The standard InChI is InChI=1S/C27H34O14/c1-11-20(33)22(35)24(37)26(38-11)41-25-23(36)21(34)18(10-28)40-27(25)39-14-8-16(31)19(17(32)9-14)15(30)7-4-12-2-5-13(29)6-3-12/h2-3,5-6,8-9,11,18,20-29,31-37H,4,7,10H2,1H3/t11-,18-,20+,21-,22+,23+,24+,25-,26-,27?/m0/s1. The highest BCUT2D eigenvalue weighted by Crippen LogP contribution is 2.36. The van der Waals surface area contributed by atoms with Crippen LogP contribution in [-0.2, 0) is 20.6 Å². The highest BCUT2D eigenvalue weighted by Gasteiger charge is 2.51. The predicted molar refractivity (Wildman–Crippen MR) is 136 cm³/mol. The van der Waals surface area contributed by atoms with Crippen molar-refractivity contribution >= 4 is 5.78 Å². The molecule has 10 atom stereocenters. The van der Waals surface area contributed by atoms with Crippen molar-refractivity contribution in [2.24, 2.45) is 0 Å². The van der Waals surface area contributed by atoms with Crippen molar-refractivity contribution in [1.82, 2.24) is 0 Å². The maximum Gasteiger partial charge on any atom is 0.229 e. The molecule has 2 saturated heterocycles. The predicted octanol–water partition coefficient (Wildman–Crippen LogP) is -1.35. The van der Waals surface area contributed by atoms with Gasteiger partial charge >= 0.3 is 0 Å². The first-order valence-corrected chi connectivity index (χ1v) is 12.9. The van der Waals surface area contributed by atoms with Gasteiger partial charge in [0.05, 0.1) is 12.7 Å². The average Bonchev–Trinajstić information content (AvgIpc) is 2.93. The molecule has 226 valence electrons. The third-order valence-electron chi connectivity index (χ3n) is 7.10. The fourth-order valence-corrected chi connectivity index (χ4v) is 4.70. The highest BCUT2D eigenvalue weighted by molar-refractivity contribution is 6.01.